The van der Waals surface area contributed by atoms with Gasteiger partial charge < -0.3 is 14.6 Å². The highest BCUT2D eigenvalue weighted by atomic mass is 79.9. The second kappa shape index (κ2) is 8.19. The Morgan fingerprint density at radius 2 is 2.04 bits per heavy atom. The molecular formula is C16H15BrN2O4. The van der Waals surface area contributed by atoms with Gasteiger partial charge in [-0.2, -0.15) is 5.10 Å². The molecule has 0 heterocycles. The maximum atomic E-state index is 11.6. The van der Waals surface area contributed by atoms with Crippen LogP contribution < -0.4 is 14.9 Å². The number of hydrazone groups is 1. The number of hydrogen-bond donors (Lipinski definition) is 2. The first-order valence-corrected chi connectivity index (χ1v) is 7.45. The van der Waals surface area contributed by atoms with Gasteiger partial charge in [-0.3, -0.25) is 4.79 Å². The van der Waals surface area contributed by atoms with E-state index in [0.717, 1.165) is 4.47 Å². The predicted octanol–water partition coefficient (Wildman–Crippen LogP) is 2.69. The molecule has 0 bridgehead atoms. The van der Waals surface area contributed by atoms with Crippen LogP contribution in [0, 0.1) is 0 Å². The predicted molar refractivity (Wildman–Crippen MR) is 90.0 cm³/mol. The number of halogens is 1. The first-order valence-electron chi connectivity index (χ1n) is 6.66. The smallest absolute Gasteiger partial charge is 0.277 e. The van der Waals surface area contributed by atoms with Crippen molar-refractivity contribution < 1.29 is 19.4 Å². The summed E-state index contributed by atoms with van der Waals surface area (Å²) in [6.45, 7) is -0.164. The fraction of sp³-hybridized carbons (Fsp3) is 0.125. The fourth-order valence-corrected chi connectivity index (χ4v) is 1.96. The first kappa shape index (κ1) is 16.8. The van der Waals surface area contributed by atoms with E-state index in [1.54, 1.807) is 30.3 Å². The topological polar surface area (TPSA) is 80.2 Å². The van der Waals surface area contributed by atoms with Gasteiger partial charge in [0, 0.05) is 10.0 Å². The number of nitrogens with zero attached hydrogens (tertiary/aromatic N) is 1. The zero-order chi connectivity index (χ0) is 16.7. The highest BCUT2D eigenvalue weighted by molar-refractivity contribution is 9.10. The maximum Gasteiger partial charge on any atom is 0.277 e. The molecule has 0 aromatic heterocycles. The minimum absolute atomic E-state index is 0.0425. The van der Waals surface area contributed by atoms with Crippen LogP contribution in [0.4, 0.5) is 0 Å². The average Bonchev–Trinajstić information content (AvgIpc) is 2.56. The molecular weight excluding hydrogens is 364 g/mol. The fourth-order valence-electron chi connectivity index (χ4n) is 1.69. The minimum Gasteiger partial charge on any atom is -0.504 e. The van der Waals surface area contributed by atoms with Gasteiger partial charge in [-0.15, -0.1) is 0 Å². The van der Waals surface area contributed by atoms with Gasteiger partial charge in [-0.25, -0.2) is 5.43 Å². The summed E-state index contributed by atoms with van der Waals surface area (Å²) >= 11 is 3.31. The Balaban J connectivity index is 1.85. The summed E-state index contributed by atoms with van der Waals surface area (Å²) in [4.78, 5) is 11.6. The summed E-state index contributed by atoms with van der Waals surface area (Å²) in [6.07, 6.45) is 1.33. The van der Waals surface area contributed by atoms with Crippen LogP contribution in [0.25, 0.3) is 0 Å². The van der Waals surface area contributed by atoms with E-state index in [1.165, 1.54) is 13.3 Å². The Kier molecular flexibility index (Phi) is 5.99. The Hall–Kier alpha value is -2.54. The summed E-state index contributed by atoms with van der Waals surface area (Å²) in [5, 5.41) is 13.6. The van der Waals surface area contributed by atoms with E-state index < -0.39 is 5.91 Å². The molecule has 0 saturated carbocycles. The summed E-state index contributed by atoms with van der Waals surface area (Å²) in [5.41, 5.74) is 2.75. The molecule has 2 aromatic rings. The number of amides is 1. The van der Waals surface area contributed by atoms with Crippen molar-refractivity contribution in [1.82, 2.24) is 5.43 Å². The van der Waals surface area contributed by atoms with Crippen LogP contribution in [-0.2, 0) is 4.79 Å². The second-order valence-corrected chi connectivity index (χ2v) is 5.35. The van der Waals surface area contributed by atoms with E-state index in [1.807, 2.05) is 12.1 Å². The van der Waals surface area contributed by atoms with Gasteiger partial charge >= 0.3 is 0 Å². The molecule has 0 spiro atoms. The molecule has 6 nitrogen and oxygen atoms in total. The Labute approximate surface area is 141 Å². The lowest BCUT2D eigenvalue weighted by molar-refractivity contribution is -0.123. The number of methoxy groups -OCH3 is 1. The number of para-hydroxylation sites is 1. The molecule has 0 aliphatic heterocycles. The number of phenolic OH excluding ortho intramolecular Hbond substituents is 1. The van der Waals surface area contributed by atoms with Gasteiger partial charge in [0.05, 0.1) is 13.3 Å². The highest BCUT2D eigenvalue weighted by Gasteiger charge is 2.05. The van der Waals surface area contributed by atoms with Crippen molar-refractivity contribution in [2.24, 2.45) is 5.10 Å². The van der Waals surface area contributed by atoms with Crippen molar-refractivity contribution in [3.63, 3.8) is 0 Å². The molecule has 2 aromatic carbocycles. The lowest BCUT2D eigenvalue weighted by Gasteiger charge is -2.06. The van der Waals surface area contributed by atoms with E-state index >= 15 is 0 Å². The normalized spacial score (nSPS) is 10.5. The van der Waals surface area contributed by atoms with Gasteiger partial charge in [-0.1, -0.05) is 22.0 Å². The number of carbonyl (C=O) groups is 1. The van der Waals surface area contributed by atoms with E-state index in [9.17, 15) is 9.90 Å². The van der Waals surface area contributed by atoms with Crippen molar-refractivity contribution in [2.45, 2.75) is 0 Å². The van der Waals surface area contributed by atoms with Gasteiger partial charge in [0.25, 0.3) is 5.91 Å². The van der Waals surface area contributed by atoms with E-state index in [0.29, 0.717) is 17.1 Å². The maximum absolute atomic E-state index is 11.6. The number of nitrogens with one attached hydrogen (secondary N) is 1. The molecule has 0 radical (unpaired) electrons. The monoisotopic (exact) mass is 378 g/mol. The first-order chi connectivity index (χ1) is 11.1. The van der Waals surface area contributed by atoms with Crippen molar-refractivity contribution in [2.75, 3.05) is 13.7 Å². The lowest BCUT2D eigenvalue weighted by atomic mass is 10.2. The molecule has 0 aliphatic carbocycles. The minimum atomic E-state index is -0.411. The SMILES string of the molecule is COc1cccc(/C=N/NC(=O)COc2ccc(Br)cc2)c1O. The lowest BCUT2D eigenvalue weighted by Crippen LogP contribution is -2.24. The standard InChI is InChI=1S/C16H15BrN2O4/c1-22-14-4-2-3-11(16(14)21)9-18-19-15(20)10-23-13-7-5-12(17)6-8-13/h2-9,21H,10H2,1H3,(H,19,20)/b18-9+. The van der Waals surface area contributed by atoms with Gasteiger partial charge in [0.1, 0.15) is 5.75 Å². The van der Waals surface area contributed by atoms with Gasteiger partial charge in [0.15, 0.2) is 18.1 Å². The Bertz CT molecular complexity index is 702. The summed E-state index contributed by atoms with van der Waals surface area (Å²) in [7, 11) is 1.46. The molecule has 0 aliphatic rings. The van der Waals surface area contributed by atoms with Gasteiger partial charge in [-0.05, 0) is 36.4 Å². The molecule has 0 atom stereocenters. The summed E-state index contributed by atoms with van der Waals surface area (Å²) < 4.78 is 11.2. The Morgan fingerprint density at radius 3 is 2.74 bits per heavy atom. The number of carbonyl (C=O) groups excluding carboxylic acids is 1. The molecule has 120 valence electrons. The second-order valence-electron chi connectivity index (χ2n) is 4.43. The summed E-state index contributed by atoms with van der Waals surface area (Å²) in [6, 6.07) is 12.1. The number of benzene rings is 2. The van der Waals surface area contributed by atoms with E-state index in [2.05, 4.69) is 26.5 Å². The molecule has 7 heteroatoms. The average molecular weight is 379 g/mol. The molecule has 0 fully saturated rings. The summed E-state index contributed by atoms with van der Waals surface area (Å²) in [5.74, 6) is 0.460. The van der Waals surface area contributed by atoms with E-state index in [4.69, 9.17) is 9.47 Å². The zero-order valence-corrected chi connectivity index (χ0v) is 13.9. The largest absolute Gasteiger partial charge is 0.504 e. The molecule has 1 amide bonds. The van der Waals surface area contributed by atoms with Crippen molar-refractivity contribution in [1.29, 1.82) is 0 Å². The number of hydrogen-bond acceptors (Lipinski definition) is 5. The third-order valence-electron chi connectivity index (χ3n) is 2.83. The van der Waals surface area contributed by atoms with Crippen molar-refractivity contribution in [3.05, 3.63) is 52.5 Å². The van der Waals surface area contributed by atoms with Gasteiger partial charge in [0.2, 0.25) is 0 Å². The molecule has 2 N–H and O–H groups in total. The van der Waals surface area contributed by atoms with Crippen LogP contribution in [0.15, 0.2) is 52.0 Å². The number of ether oxygens (including phenoxy) is 2. The molecule has 0 saturated heterocycles. The zero-order valence-electron chi connectivity index (χ0n) is 12.3. The third kappa shape index (κ3) is 5.00. The number of aromatic hydroxyl groups is 1. The molecule has 0 unspecified atom stereocenters. The van der Waals surface area contributed by atoms with Crippen LogP contribution in [0.1, 0.15) is 5.56 Å². The third-order valence-corrected chi connectivity index (χ3v) is 3.36. The van der Waals surface area contributed by atoms with Crippen LogP contribution in [0.3, 0.4) is 0 Å². The van der Waals surface area contributed by atoms with Crippen molar-refractivity contribution in [3.8, 4) is 17.2 Å². The van der Waals surface area contributed by atoms with Crippen LogP contribution in [0.5, 0.6) is 17.2 Å². The number of rotatable bonds is 6. The van der Waals surface area contributed by atoms with Crippen LogP contribution in [0.2, 0.25) is 0 Å². The quantitative estimate of drug-likeness (QED) is 0.598. The van der Waals surface area contributed by atoms with Crippen LogP contribution >= 0.6 is 15.9 Å². The van der Waals surface area contributed by atoms with Crippen LogP contribution in [-0.4, -0.2) is 30.9 Å². The molecule has 2 rings (SSSR count). The highest BCUT2D eigenvalue weighted by Crippen LogP contribution is 2.27. The van der Waals surface area contributed by atoms with E-state index in [-0.39, 0.29) is 12.4 Å². The molecule has 23 heavy (non-hydrogen) atoms. The number of phenols is 1. The Morgan fingerprint density at radius 1 is 1.30 bits per heavy atom. The van der Waals surface area contributed by atoms with Crippen molar-refractivity contribution >= 4 is 28.1 Å².